The topological polar surface area (TPSA) is 71.1 Å². The lowest BCUT2D eigenvalue weighted by Crippen LogP contribution is -2.14. The zero-order chi connectivity index (χ0) is 20.6. The van der Waals surface area contributed by atoms with E-state index in [2.05, 4.69) is 6.58 Å². The van der Waals surface area contributed by atoms with Crippen LogP contribution in [0.15, 0.2) is 73.0 Å². The van der Waals surface area contributed by atoms with Gasteiger partial charge in [-0.3, -0.25) is 4.79 Å². The number of Topliss-reactive ketones (excluding diaryl/α,β-unsaturated/α-hetero) is 1. The van der Waals surface area contributed by atoms with Crippen LogP contribution in [-0.4, -0.2) is 32.1 Å². The molecule has 0 fully saturated rings. The molecule has 3 rings (SSSR count). The minimum atomic E-state index is -0.510. The zero-order valence-electron chi connectivity index (χ0n) is 15.9. The lowest BCUT2D eigenvalue weighted by molar-refractivity contribution is -0.144. The molecule has 0 radical (unpaired) electrons. The number of ketones is 1. The van der Waals surface area contributed by atoms with Gasteiger partial charge in [0.25, 0.3) is 0 Å². The minimum Gasteiger partial charge on any atom is -0.496 e. The van der Waals surface area contributed by atoms with Crippen molar-refractivity contribution in [2.75, 3.05) is 20.3 Å². The van der Waals surface area contributed by atoms with Gasteiger partial charge >= 0.3 is 5.97 Å². The van der Waals surface area contributed by atoms with Crippen LogP contribution in [0.25, 0.3) is 6.08 Å². The van der Waals surface area contributed by atoms with E-state index in [1.807, 2.05) is 30.3 Å². The molecular formula is C23H20O6. The maximum Gasteiger partial charge on any atom is 0.344 e. The molecule has 29 heavy (non-hydrogen) atoms. The van der Waals surface area contributed by atoms with E-state index in [4.69, 9.17) is 18.9 Å². The fourth-order valence-corrected chi connectivity index (χ4v) is 2.65. The van der Waals surface area contributed by atoms with Crippen molar-refractivity contribution in [1.82, 2.24) is 0 Å². The molecule has 0 spiro atoms. The van der Waals surface area contributed by atoms with Crippen molar-refractivity contribution < 1.29 is 28.5 Å². The summed E-state index contributed by atoms with van der Waals surface area (Å²) in [5, 5.41) is 0. The van der Waals surface area contributed by atoms with Gasteiger partial charge in [-0.25, -0.2) is 4.79 Å². The molecule has 0 aliphatic carbocycles. The molecule has 0 bridgehead atoms. The van der Waals surface area contributed by atoms with Crippen LogP contribution in [-0.2, 0) is 9.53 Å². The molecule has 1 aliphatic rings. The first-order valence-electron chi connectivity index (χ1n) is 8.89. The third-order valence-electron chi connectivity index (χ3n) is 4.02. The third-order valence-corrected chi connectivity index (χ3v) is 4.02. The molecule has 6 nitrogen and oxygen atoms in total. The van der Waals surface area contributed by atoms with E-state index in [1.165, 1.54) is 6.08 Å². The average molecular weight is 392 g/mol. The molecule has 6 heteroatoms. The largest absolute Gasteiger partial charge is 0.496 e. The highest BCUT2D eigenvalue weighted by molar-refractivity contribution is 6.12. The number of esters is 1. The molecule has 148 valence electrons. The van der Waals surface area contributed by atoms with Crippen molar-refractivity contribution in [3.05, 3.63) is 84.2 Å². The highest BCUT2D eigenvalue weighted by atomic mass is 16.6. The summed E-state index contributed by atoms with van der Waals surface area (Å²) in [6, 6.07) is 12.3. The maximum atomic E-state index is 12.5. The Morgan fingerprint density at radius 3 is 2.83 bits per heavy atom. The number of fused-ring (bicyclic) bond motifs is 1. The second kappa shape index (κ2) is 9.41. The first kappa shape index (κ1) is 19.9. The Labute approximate surface area is 168 Å². The quantitative estimate of drug-likeness (QED) is 0.385. The van der Waals surface area contributed by atoms with E-state index in [0.717, 1.165) is 11.3 Å². The molecule has 0 saturated carbocycles. The SMILES string of the molecule is C=CCOC(=O)COc1ccc2c(c1)O/C(=C/C=C/c1ccccc1OC)C2=O. The van der Waals surface area contributed by atoms with E-state index in [0.29, 0.717) is 17.1 Å². The summed E-state index contributed by atoms with van der Waals surface area (Å²) in [6.45, 7) is 3.35. The summed E-state index contributed by atoms with van der Waals surface area (Å²) >= 11 is 0. The molecule has 2 aromatic rings. The van der Waals surface area contributed by atoms with Gasteiger partial charge in [0.15, 0.2) is 12.4 Å². The summed E-state index contributed by atoms with van der Waals surface area (Å²) in [5.41, 5.74) is 1.32. The molecule has 0 N–H and O–H groups in total. The second-order valence-electron chi connectivity index (χ2n) is 5.98. The summed E-state index contributed by atoms with van der Waals surface area (Å²) in [5.74, 6) is 0.985. The van der Waals surface area contributed by atoms with Gasteiger partial charge in [0, 0.05) is 11.6 Å². The van der Waals surface area contributed by atoms with Crippen molar-refractivity contribution in [2.45, 2.75) is 0 Å². The molecule has 1 aliphatic heterocycles. The van der Waals surface area contributed by atoms with Crippen LogP contribution in [0.2, 0.25) is 0 Å². The minimum absolute atomic E-state index is 0.126. The van der Waals surface area contributed by atoms with Crippen molar-refractivity contribution in [3.8, 4) is 17.2 Å². The van der Waals surface area contributed by atoms with Crippen LogP contribution in [0.4, 0.5) is 0 Å². The van der Waals surface area contributed by atoms with Gasteiger partial charge in [-0.1, -0.05) is 43.0 Å². The summed E-state index contributed by atoms with van der Waals surface area (Å²) in [6.07, 6.45) is 6.63. The van der Waals surface area contributed by atoms with Crippen molar-refractivity contribution in [3.63, 3.8) is 0 Å². The van der Waals surface area contributed by atoms with Crippen LogP contribution in [0.3, 0.4) is 0 Å². The van der Waals surface area contributed by atoms with Crippen LogP contribution < -0.4 is 14.2 Å². The molecule has 0 aromatic heterocycles. The third kappa shape index (κ3) is 4.93. The van der Waals surface area contributed by atoms with Crippen LogP contribution in [0.5, 0.6) is 17.2 Å². The summed E-state index contributed by atoms with van der Waals surface area (Å²) < 4.78 is 21.2. The molecule has 0 amide bonds. The number of para-hydroxylation sites is 1. The van der Waals surface area contributed by atoms with Gasteiger partial charge in [0.1, 0.15) is 23.9 Å². The predicted octanol–water partition coefficient (Wildman–Crippen LogP) is 3.98. The lowest BCUT2D eigenvalue weighted by atomic mass is 10.1. The molecule has 2 aromatic carbocycles. The molecule has 0 unspecified atom stereocenters. The van der Waals surface area contributed by atoms with Gasteiger partial charge < -0.3 is 18.9 Å². The standard InChI is InChI=1S/C23H20O6/c1-3-13-27-22(24)15-28-17-11-12-18-21(14-17)29-20(23(18)25)10-6-8-16-7-4-5-9-19(16)26-2/h3-12,14H,1,13,15H2,2H3/b8-6+,20-10+. The van der Waals surface area contributed by atoms with Gasteiger partial charge in [0.2, 0.25) is 5.78 Å². The second-order valence-corrected chi connectivity index (χ2v) is 5.98. The Bertz CT molecular complexity index is 987. The molecule has 0 saturated heterocycles. The number of benzene rings is 2. The normalized spacial score (nSPS) is 13.8. The molecular weight excluding hydrogens is 372 g/mol. The maximum absolute atomic E-state index is 12.5. The Kier molecular flexibility index (Phi) is 6.47. The van der Waals surface area contributed by atoms with Crippen LogP contribution in [0.1, 0.15) is 15.9 Å². The van der Waals surface area contributed by atoms with E-state index in [9.17, 15) is 9.59 Å². The van der Waals surface area contributed by atoms with E-state index in [1.54, 1.807) is 37.5 Å². The van der Waals surface area contributed by atoms with Gasteiger partial charge in [-0.2, -0.15) is 0 Å². The Morgan fingerprint density at radius 2 is 2.03 bits per heavy atom. The number of hydrogen-bond donors (Lipinski definition) is 0. The number of ether oxygens (including phenoxy) is 4. The number of rotatable bonds is 8. The van der Waals surface area contributed by atoms with E-state index in [-0.39, 0.29) is 24.8 Å². The van der Waals surface area contributed by atoms with E-state index >= 15 is 0 Å². The smallest absolute Gasteiger partial charge is 0.344 e. The van der Waals surface area contributed by atoms with Crippen LogP contribution >= 0.6 is 0 Å². The Morgan fingerprint density at radius 1 is 1.21 bits per heavy atom. The first-order chi connectivity index (χ1) is 14.1. The summed E-state index contributed by atoms with van der Waals surface area (Å²) in [4.78, 5) is 24.0. The number of carbonyl (C=O) groups is 2. The number of carbonyl (C=O) groups excluding carboxylic acids is 2. The monoisotopic (exact) mass is 392 g/mol. The number of hydrogen-bond acceptors (Lipinski definition) is 6. The highest BCUT2D eigenvalue weighted by Crippen LogP contribution is 2.34. The van der Waals surface area contributed by atoms with Crippen molar-refractivity contribution in [1.29, 1.82) is 0 Å². The molecule has 0 atom stereocenters. The lowest BCUT2D eigenvalue weighted by Gasteiger charge is -2.06. The number of allylic oxidation sites excluding steroid dienone is 3. The fraction of sp³-hybridized carbons (Fsp3) is 0.130. The average Bonchev–Trinajstić information content (AvgIpc) is 3.06. The zero-order valence-corrected chi connectivity index (χ0v) is 15.9. The van der Waals surface area contributed by atoms with Crippen molar-refractivity contribution >= 4 is 17.8 Å². The highest BCUT2D eigenvalue weighted by Gasteiger charge is 2.27. The first-order valence-corrected chi connectivity index (χ1v) is 8.89. The predicted molar refractivity (Wildman–Crippen MR) is 108 cm³/mol. The van der Waals surface area contributed by atoms with Crippen LogP contribution in [0, 0.1) is 0 Å². The molecule has 1 heterocycles. The van der Waals surface area contributed by atoms with Gasteiger partial charge in [-0.15, -0.1) is 0 Å². The fourth-order valence-electron chi connectivity index (χ4n) is 2.65. The Hall–Kier alpha value is -3.80. The van der Waals surface area contributed by atoms with E-state index < -0.39 is 5.97 Å². The van der Waals surface area contributed by atoms with Gasteiger partial charge in [-0.05, 0) is 24.3 Å². The van der Waals surface area contributed by atoms with Gasteiger partial charge in [0.05, 0.1) is 12.7 Å². The van der Waals surface area contributed by atoms with Crippen molar-refractivity contribution in [2.24, 2.45) is 0 Å². The number of methoxy groups -OCH3 is 1. The Balaban J connectivity index is 1.67. The summed E-state index contributed by atoms with van der Waals surface area (Å²) in [7, 11) is 1.60.